The van der Waals surface area contributed by atoms with Crippen LogP contribution in [0.1, 0.15) is 90.2 Å². The number of rotatable bonds is 8. The van der Waals surface area contributed by atoms with Gasteiger partial charge in [-0.1, -0.05) is 18.9 Å². The molecule has 2 saturated carbocycles. The van der Waals surface area contributed by atoms with Crippen LogP contribution < -0.4 is 20.4 Å². The maximum absolute atomic E-state index is 13.5. The van der Waals surface area contributed by atoms with E-state index in [0.29, 0.717) is 42.0 Å². The zero-order chi connectivity index (χ0) is 39.0. The summed E-state index contributed by atoms with van der Waals surface area (Å²) < 4.78 is 2.12. The van der Waals surface area contributed by atoms with E-state index in [4.69, 9.17) is 9.97 Å². The lowest BCUT2D eigenvalue weighted by molar-refractivity contribution is -0.136. The summed E-state index contributed by atoms with van der Waals surface area (Å²) in [6.07, 6.45) is 12.1. The number of benzene rings is 1. The second-order valence-electron chi connectivity index (χ2n) is 17.0. The Balaban J connectivity index is 0.753. The van der Waals surface area contributed by atoms with E-state index in [0.717, 1.165) is 106 Å². The highest BCUT2D eigenvalue weighted by Gasteiger charge is 2.56. The zero-order valence-electron chi connectivity index (χ0n) is 32.6. The average molecular weight is 772 g/mol. The van der Waals surface area contributed by atoms with E-state index in [9.17, 15) is 19.2 Å². The second-order valence-corrected chi connectivity index (χ2v) is 17.0. The van der Waals surface area contributed by atoms with Gasteiger partial charge in [-0.15, -0.1) is 0 Å². The van der Waals surface area contributed by atoms with Gasteiger partial charge in [0.05, 0.1) is 11.9 Å². The van der Waals surface area contributed by atoms with Gasteiger partial charge >= 0.3 is 0 Å². The van der Waals surface area contributed by atoms with Gasteiger partial charge in [-0.3, -0.25) is 29.4 Å². The number of nitrogens with zero attached hydrogens (tertiary/aromatic N) is 9. The van der Waals surface area contributed by atoms with Crippen molar-refractivity contribution in [3.63, 3.8) is 0 Å². The van der Waals surface area contributed by atoms with Crippen molar-refractivity contribution in [2.24, 2.45) is 0 Å². The minimum absolute atomic E-state index is 0.0256. The lowest BCUT2D eigenvalue weighted by Crippen LogP contribution is -2.72. The van der Waals surface area contributed by atoms with Crippen molar-refractivity contribution in [1.29, 1.82) is 0 Å². The quantitative estimate of drug-likeness (QED) is 0.250. The summed E-state index contributed by atoms with van der Waals surface area (Å²) in [6.45, 7) is 5.21. The normalized spacial score (nSPS) is 25.2. The molecule has 0 bridgehead atoms. The predicted molar refractivity (Wildman–Crippen MR) is 215 cm³/mol. The number of nitrogens with one attached hydrogen (secondary N) is 2. The number of carbonyl (C=O) groups excluding carboxylic acids is 4. The maximum atomic E-state index is 13.5. The number of piperidine rings is 1. The molecule has 296 valence electrons. The fourth-order valence-corrected chi connectivity index (χ4v) is 10.3. The summed E-state index contributed by atoms with van der Waals surface area (Å²) in [6, 6.07) is 12.1. The molecule has 1 aromatic carbocycles. The average Bonchev–Trinajstić information content (AvgIpc) is 3.93. The molecule has 6 aliphatic rings. The van der Waals surface area contributed by atoms with Gasteiger partial charge in [-0.05, 0) is 68.9 Å². The molecule has 2 aliphatic carbocycles. The van der Waals surface area contributed by atoms with E-state index in [-0.39, 0.29) is 41.6 Å². The third-order valence-corrected chi connectivity index (χ3v) is 13.5. The lowest BCUT2D eigenvalue weighted by atomic mass is 9.63. The number of fused-ring (bicyclic) bond motifs is 2. The van der Waals surface area contributed by atoms with Gasteiger partial charge < -0.3 is 29.5 Å². The van der Waals surface area contributed by atoms with Crippen LogP contribution in [0.3, 0.4) is 0 Å². The van der Waals surface area contributed by atoms with E-state index >= 15 is 0 Å². The summed E-state index contributed by atoms with van der Waals surface area (Å²) >= 11 is 0. The number of imide groups is 1. The van der Waals surface area contributed by atoms with Crippen LogP contribution in [0.2, 0.25) is 0 Å². The molecule has 0 unspecified atom stereocenters. The first-order chi connectivity index (χ1) is 27.7. The maximum Gasteiger partial charge on any atom is 0.270 e. The highest BCUT2D eigenvalue weighted by Crippen LogP contribution is 2.52. The molecule has 1 atom stereocenters. The standard InChI is InChI=1S/C42H49N11O4/c1-48(2)40(57)34-20-26-23-44-41(47-37(26)53(34)27-6-3-4-7-27)45-35-12-10-28(24-43-35)49-16-18-50(19-17-49)29-21-42(22-29)14-15-52(42)32-9-5-8-30-31(32)25-51(39(30)56)33-11-13-36(54)46-38(33)55/h5,8-10,12,20,23-24,27,29,33H,3-4,6-7,11,13-19,21-22,25H2,1-2H3,(H,46,54,55)(H,43,44,45,47)/t29?,33-,42?/m1/s1. The number of hydrogen-bond donors (Lipinski definition) is 2. The Morgan fingerprint density at radius 1 is 0.930 bits per heavy atom. The van der Waals surface area contributed by atoms with Crippen LogP contribution in [-0.4, -0.2) is 122 Å². The van der Waals surface area contributed by atoms with Gasteiger partial charge in [-0.25, -0.2) is 9.97 Å². The van der Waals surface area contributed by atoms with E-state index in [2.05, 4.69) is 47.0 Å². The third-order valence-electron chi connectivity index (χ3n) is 13.5. The van der Waals surface area contributed by atoms with Gasteiger partial charge in [0.1, 0.15) is 23.2 Å². The van der Waals surface area contributed by atoms with Crippen LogP contribution in [0, 0.1) is 0 Å². The molecule has 15 nitrogen and oxygen atoms in total. The Kier molecular flexibility index (Phi) is 8.68. The van der Waals surface area contributed by atoms with Crippen molar-refractivity contribution in [3.8, 4) is 0 Å². The van der Waals surface area contributed by atoms with Crippen LogP contribution in [0.15, 0.2) is 48.8 Å². The first-order valence-electron chi connectivity index (χ1n) is 20.5. The first kappa shape index (κ1) is 35.8. The SMILES string of the molecule is CN(C)C(=O)c1cc2cnc(Nc3ccc(N4CCN(C5CC6(CCN6c6cccc7c6CN([C@@H]6CCC(=O)NC6=O)C7=O)C5)CC4)cn3)nc2n1C1CCCC1. The first-order valence-corrected chi connectivity index (χ1v) is 20.5. The summed E-state index contributed by atoms with van der Waals surface area (Å²) in [7, 11) is 3.56. The summed E-state index contributed by atoms with van der Waals surface area (Å²) in [5.41, 5.74) is 5.45. The van der Waals surface area contributed by atoms with Crippen LogP contribution in [-0.2, 0) is 16.1 Å². The molecule has 4 amide bonds. The van der Waals surface area contributed by atoms with E-state index in [1.54, 1.807) is 30.1 Å². The molecule has 0 radical (unpaired) electrons. The molecule has 4 aromatic rings. The van der Waals surface area contributed by atoms with Crippen molar-refractivity contribution >= 4 is 57.8 Å². The highest BCUT2D eigenvalue weighted by atomic mass is 16.2. The largest absolute Gasteiger partial charge is 0.368 e. The Hall–Kier alpha value is -5.57. The van der Waals surface area contributed by atoms with Crippen LogP contribution in [0.5, 0.6) is 0 Å². The predicted octanol–water partition coefficient (Wildman–Crippen LogP) is 4.08. The van der Waals surface area contributed by atoms with Crippen LogP contribution in [0.25, 0.3) is 11.0 Å². The smallest absolute Gasteiger partial charge is 0.270 e. The van der Waals surface area contributed by atoms with Gasteiger partial charge in [0.15, 0.2) is 0 Å². The Labute approximate surface area is 331 Å². The molecule has 4 aliphatic heterocycles. The molecule has 2 N–H and O–H groups in total. The van der Waals surface area contributed by atoms with Crippen molar-refractivity contribution in [2.45, 2.75) is 88.0 Å². The minimum atomic E-state index is -0.607. The molecule has 15 heteroatoms. The van der Waals surface area contributed by atoms with Crippen molar-refractivity contribution in [1.82, 2.24) is 39.5 Å². The molecule has 10 rings (SSSR count). The van der Waals surface area contributed by atoms with Crippen LogP contribution in [0.4, 0.5) is 23.1 Å². The van der Waals surface area contributed by atoms with Gasteiger partial charge in [0, 0.05) is 106 Å². The van der Waals surface area contributed by atoms with E-state index in [1.807, 2.05) is 30.5 Å². The summed E-state index contributed by atoms with van der Waals surface area (Å²) in [4.78, 5) is 75.9. The molecule has 7 heterocycles. The number of aromatic nitrogens is 4. The number of pyridine rings is 1. The van der Waals surface area contributed by atoms with Gasteiger partial charge in [0.25, 0.3) is 11.8 Å². The van der Waals surface area contributed by atoms with E-state index in [1.165, 1.54) is 0 Å². The molecule has 57 heavy (non-hydrogen) atoms. The molecule has 3 saturated heterocycles. The lowest BCUT2D eigenvalue weighted by Gasteiger charge is -2.65. The summed E-state index contributed by atoms with van der Waals surface area (Å²) in [5.74, 6) is 0.338. The Morgan fingerprint density at radius 2 is 1.74 bits per heavy atom. The Bertz CT molecular complexity index is 2270. The molecular weight excluding hydrogens is 723 g/mol. The zero-order valence-corrected chi connectivity index (χ0v) is 32.6. The van der Waals surface area contributed by atoms with E-state index < -0.39 is 6.04 Å². The van der Waals surface area contributed by atoms with Crippen molar-refractivity contribution < 1.29 is 19.2 Å². The summed E-state index contributed by atoms with van der Waals surface area (Å²) in [5, 5.41) is 6.57. The monoisotopic (exact) mass is 771 g/mol. The molecule has 1 spiro atoms. The molecule has 5 fully saturated rings. The number of amides is 4. The van der Waals surface area contributed by atoms with Gasteiger partial charge in [0.2, 0.25) is 17.8 Å². The van der Waals surface area contributed by atoms with Crippen molar-refractivity contribution in [3.05, 3.63) is 65.6 Å². The molecular formula is C42H49N11O4. The van der Waals surface area contributed by atoms with Crippen LogP contribution >= 0.6 is 0 Å². The number of piperazine rings is 1. The van der Waals surface area contributed by atoms with Gasteiger partial charge in [-0.2, -0.15) is 4.98 Å². The highest BCUT2D eigenvalue weighted by molar-refractivity contribution is 6.06. The third kappa shape index (κ3) is 6.08. The second kappa shape index (κ2) is 13.8. The Morgan fingerprint density at radius 3 is 2.44 bits per heavy atom. The van der Waals surface area contributed by atoms with Crippen molar-refractivity contribution in [2.75, 3.05) is 61.9 Å². The molecule has 3 aromatic heterocycles. The fourth-order valence-electron chi connectivity index (χ4n) is 10.3. The minimum Gasteiger partial charge on any atom is -0.368 e. The number of hydrogen-bond acceptors (Lipinski definition) is 11. The topological polar surface area (TPSA) is 152 Å². The fraction of sp³-hybridized carbons (Fsp3) is 0.500. The number of anilines is 4. The number of carbonyl (C=O) groups is 4.